The van der Waals surface area contributed by atoms with Crippen molar-refractivity contribution in [1.29, 1.82) is 10.5 Å². The molecule has 0 aliphatic carbocycles. The van der Waals surface area contributed by atoms with Gasteiger partial charge in [-0.25, -0.2) is 0 Å². The molecule has 2 rings (SSSR count). The molecule has 0 saturated carbocycles. The van der Waals surface area contributed by atoms with Gasteiger partial charge in [0, 0.05) is 16.1 Å². The molecule has 2 aromatic rings. The lowest BCUT2D eigenvalue weighted by atomic mass is 9.98. The summed E-state index contributed by atoms with van der Waals surface area (Å²) in [5.41, 5.74) is 2.20. The number of alkyl halides is 1. The molecule has 3 heteroatoms. The maximum Gasteiger partial charge on any atom is 0.100 e. The summed E-state index contributed by atoms with van der Waals surface area (Å²) in [4.78, 5) is 0. The van der Waals surface area contributed by atoms with Crippen LogP contribution in [0.25, 0.3) is 10.8 Å². The number of benzene rings is 2. The Morgan fingerprint density at radius 1 is 1.00 bits per heavy atom. The lowest BCUT2D eigenvalue weighted by Crippen LogP contribution is -1.89. The predicted molar refractivity (Wildman–Crippen MR) is 66.0 cm³/mol. The van der Waals surface area contributed by atoms with Crippen molar-refractivity contribution in [2.24, 2.45) is 0 Å². The summed E-state index contributed by atoms with van der Waals surface area (Å²) in [6.07, 6.45) is 0. The molecule has 2 nitrogen and oxygen atoms in total. The molecule has 0 amide bonds. The molecule has 0 N–H and O–H groups in total. The molecule has 16 heavy (non-hydrogen) atoms. The van der Waals surface area contributed by atoms with Gasteiger partial charge in [0.15, 0.2) is 0 Å². The van der Waals surface area contributed by atoms with E-state index in [1.807, 2.05) is 18.2 Å². The van der Waals surface area contributed by atoms with E-state index in [0.29, 0.717) is 16.5 Å². The Morgan fingerprint density at radius 2 is 1.81 bits per heavy atom. The smallest absolute Gasteiger partial charge is 0.100 e. The van der Waals surface area contributed by atoms with Crippen LogP contribution >= 0.6 is 15.9 Å². The number of rotatable bonds is 1. The molecule has 0 aromatic heterocycles. The third-order valence-corrected chi connectivity index (χ3v) is 3.13. The summed E-state index contributed by atoms with van der Waals surface area (Å²) >= 11 is 3.35. The van der Waals surface area contributed by atoms with Gasteiger partial charge >= 0.3 is 0 Å². The molecule has 0 radical (unpaired) electrons. The summed E-state index contributed by atoms with van der Waals surface area (Å²) < 4.78 is 0. The number of fused-ring (bicyclic) bond motifs is 1. The Kier molecular flexibility index (Phi) is 2.90. The number of hydrogen-bond donors (Lipinski definition) is 0. The maximum atomic E-state index is 9.16. The van der Waals surface area contributed by atoms with Crippen molar-refractivity contribution in [1.82, 2.24) is 0 Å². The molecule has 0 unspecified atom stereocenters. The Labute approximate surface area is 102 Å². The average Bonchev–Trinajstić information content (AvgIpc) is 2.36. The van der Waals surface area contributed by atoms with Crippen LogP contribution in [0.15, 0.2) is 30.3 Å². The highest BCUT2D eigenvalue weighted by atomic mass is 79.9. The van der Waals surface area contributed by atoms with Crippen molar-refractivity contribution >= 4 is 26.7 Å². The Bertz CT molecular complexity index is 633. The number of nitriles is 2. The third kappa shape index (κ3) is 1.56. The second kappa shape index (κ2) is 4.35. The monoisotopic (exact) mass is 270 g/mol. The highest BCUT2D eigenvalue weighted by Gasteiger charge is 2.08. The second-order valence-corrected chi connectivity index (χ2v) is 3.92. The van der Waals surface area contributed by atoms with Crippen molar-refractivity contribution in [3.63, 3.8) is 0 Å². The van der Waals surface area contributed by atoms with E-state index in [-0.39, 0.29) is 0 Å². The fraction of sp³-hybridized carbons (Fsp3) is 0.0769. The van der Waals surface area contributed by atoms with Crippen LogP contribution in [-0.2, 0) is 5.33 Å². The minimum Gasteiger partial charge on any atom is -0.192 e. The van der Waals surface area contributed by atoms with Gasteiger partial charge < -0.3 is 0 Å². The molecule has 0 atom stereocenters. The SMILES string of the molecule is N#Cc1cccc2c(C#N)c(CBr)ccc12. The molecule has 0 heterocycles. The first-order valence-corrected chi connectivity index (χ1v) is 5.84. The zero-order valence-electron chi connectivity index (χ0n) is 8.37. The molecular weight excluding hydrogens is 264 g/mol. The van der Waals surface area contributed by atoms with Gasteiger partial charge in [0.25, 0.3) is 0 Å². The molecule has 0 saturated heterocycles. The van der Waals surface area contributed by atoms with Gasteiger partial charge in [-0.3, -0.25) is 0 Å². The Balaban J connectivity index is 2.92. The van der Waals surface area contributed by atoms with E-state index >= 15 is 0 Å². The van der Waals surface area contributed by atoms with Crippen molar-refractivity contribution in [2.45, 2.75) is 5.33 Å². The second-order valence-electron chi connectivity index (χ2n) is 3.36. The minimum atomic E-state index is 0.607. The Morgan fingerprint density at radius 3 is 2.44 bits per heavy atom. The van der Waals surface area contributed by atoms with Crippen LogP contribution in [0, 0.1) is 22.7 Å². The van der Waals surface area contributed by atoms with E-state index in [4.69, 9.17) is 10.5 Å². The lowest BCUT2D eigenvalue weighted by Gasteiger charge is -2.05. The van der Waals surface area contributed by atoms with Crippen LogP contribution in [0.3, 0.4) is 0 Å². The highest BCUT2D eigenvalue weighted by Crippen LogP contribution is 2.25. The van der Waals surface area contributed by atoms with Crippen molar-refractivity contribution in [2.75, 3.05) is 0 Å². The van der Waals surface area contributed by atoms with Gasteiger partial charge in [0.1, 0.15) is 6.07 Å². The van der Waals surface area contributed by atoms with Gasteiger partial charge in [-0.1, -0.05) is 40.2 Å². The number of halogens is 1. The zero-order valence-corrected chi connectivity index (χ0v) is 9.95. The quantitative estimate of drug-likeness (QED) is 0.745. The van der Waals surface area contributed by atoms with E-state index < -0.39 is 0 Å². The normalized spacial score (nSPS) is 9.69. The van der Waals surface area contributed by atoms with Gasteiger partial charge in [0.2, 0.25) is 0 Å². The molecule has 0 spiro atoms. The molecule has 2 aromatic carbocycles. The van der Waals surface area contributed by atoms with E-state index in [2.05, 4.69) is 28.1 Å². The summed E-state index contributed by atoms with van der Waals surface area (Å²) in [6.45, 7) is 0. The van der Waals surface area contributed by atoms with E-state index in [1.165, 1.54) is 0 Å². The average molecular weight is 271 g/mol. The number of hydrogen-bond acceptors (Lipinski definition) is 2. The first-order valence-electron chi connectivity index (χ1n) is 4.72. The fourth-order valence-electron chi connectivity index (χ4n) is 1.74. The van der Waals surface area contributed by atoms with Gasteiger partial charge in [-0.15, -0.1) is 0 Å². The zero-order chi connectivity index (χ0) is 11.5. The summed E-state index contributed by atoms with van der Waals surface area (Å²) in [7, 11) is 0. The first kappa shape index (κ1) is 10.7. The van der Waals surface area contributed by atoms with Crippen LogP contribution in [0.4, 0.5) is 0 Å². The van der Waals surface area contributed by atoms with Crippen LogP contribution in [-0.4, -0.2) is 0 Å². The molecule has 0 aliphatic rings. The topological polar surface area (TPSA) is 47.6 Å². The van der Waals surface area contributed by atoms with E-state index in [1.54, 1.807) is 12.1 Å². The van der Waals surface area contributed by atoms with Gasteiger partial charge in [0.05, 0.1) is 17.2 Å². The summed E-state index contributed by atoms with van der Waals surface area (Å²) in [6, 6.07) is 13.6. The predicted octanol–water partition coefficient (Wildman–Crippen LogP) is 3.48. The van der Waals surface area contributed by atoms with E-state index in [0.717, 1.165) is 16.3 Å². The van der Waals surface area contributed by atoms with E-state index in [9.17, 15) is 0 Å². The molecule has 0 bridgehead atoms. The fourth-order valence-corrected chi connectivity index (χ4v) is 2.21. The van der Waals surface area contributed by atoms with Crippen LogP contribution in [0.2, 0.25) is 0 Å². The van der Waals surface area contributed by atoms with Crippen molar-refractivity contribution in [3.05, 3.63) is 47.0 Å². The third-order valence-electron chi connectivity index (χ3n) is 2.52. The minimum absolute atomic E-state index is 0.607. The highest BCUT2D eigenvalue weighted by molar-refractivity contribution is 9.08. The van der Waals surface area contributed by atoms with Crippen LogP contribution < -0.4 is 0 Å². The van der Waals surface area contributed by atoms with Crippen LogP contribution in [0.5, 0.6) is 0 Å². The lowest BCUT2D eigenvalue weighted by molar-refractivity contribution is 1.40. The first-order chi connectivity index (χ1) is 7.81. The number of nitrogens with zero attached hydrogens (tertiary/aromatic N) is 2. The Hall–Kier alpha value is -1.84. The molecule has 76 valence electrons. The van der Waals surface area contributed by atoms with Gasteiger partial charge in [-0.05, 0) is 11.6 Å². The molecular formula is C13H7BrN2. The van der Waals surface area contributed by atoms with Crippen LogP contribution in [0.1, 0.15) is 16.7 Å². The molecule has 0 aliphatic heterocycles. The summed E-state index contributed by atoms with van der Waals surface area (Å²) in [5, 5.41) is 20.5. The summed E-state index contributed by atoms with van der Waals surface area (Å²) in [5.74, 6) is 0. The molecule has 0 fully saturated rings. The maximum absolute atomic E-state index is 9.16. The standard InChI is InChI=1S/C13H7BrN2/c14-6-9-4-5-11-10(7-15)2-1-3-12(11)13(9)8-16/h1-5H,6H2. The van der Waals surface area contributed by atoms with Gasteiger partial charge in [-0.2, -0.15) is 10.5 Å². The van der Waals surface area contributed by atoms with Crippen molar-refractivity contribution < 1.29 is 0 Å². The van der Waals surface area contributed by atoms with Crippen molar-refractivity contribution in [3.8, 4) is 12.1 Å². The largest absolute Gasteiger partial charge is 0.192 e.